The zero-order chi connectivity index (χ0) is 23.8. The van der Waals surface area contributed by atoms with Crippen LogP contribution < -0.4 is 15.6 Å². The van der Waals surface area contributed by atoms with Gasteiger partial charge in [-0.3, -0.25) is 14.0 Å². The molecule has 0 saturated heterocycles. The Hall–Kier alpha value is -3.36. The van der Waals surface area contributed by atoms with E-state index in [2.05, 4.69) is 31.1 Å². The molecule has 0 fully saturated rings. The first-order valence-corrected chi connectivity index (χ1v) is 10.3. The Balaban J connectivity index is 2.26. The molecule has 3 rings (SSSR count). The molecule has 9 heteroatoms. The van der Waals surface area contributed by atoms with Gasteiger partial charge in [0, 0.05) is 11.7 Å². The van der Waals surface area contributed by atoms with Crippen molar-refractivity contribution in [3.63, 3.8) is 0 Å². The summed E-state index contributed by atoms with van der Waals surface area (Å²) in [7, 11) is 2.39. The molecule has 0 amide bonds. The van der Waals surface area contributed by atoms with E-state index in [0.717, 1.165) is 0 Å². The van der Waals surface area contributed by atoms with Gasteiger partial charge in [-0.05, 0) is 37.8 Å². The number of fused-ring (bicyclic) bond motifs is 2. The third-order valence-electron chi connectivity index (χ3n) is 5.02. The van der Waals surface area contributed by atoms with Crippen LogP contribution in [-0.2, 0) is 19.1 Å². The van der Waals surface area contributed by atoms with Gasteiger partial charge in [-0.1, -0.05) is 26.8 Å². The van der Waals surface area contributed by atoms with E-state index in [9.17, 15) is 14.4 Å². The van der Waals surface area contributed by atoms with Gasteiger partial charge in [-0.25, -0.2) is 4.79 Å². The standard InChI is InChI=1S/C23H29N3O6/c1-22(2,3)12-23(4,5)25-18-16(21(29)31-7)14(20(28)30-6)15-17(32-18)24-13-10-8-9-11-26(13)19(15)27/h8-11,14,25H,12H2,1-7H3. The van der Waals surface area contributed by atoms with Crippen molar-refractivity contribution in [1.29, 1.82) is 0 Å². The highest BCUT2D eigenvalue weighted by molar-refractivity contribution is 6.00. The lowest BCUT2D eigenvalue weighted by atomic mass is 9.81. The summed E-state index contributed by atoms with van der Waals surface area (Å²) in [6.07, 6.45) is 2.24. The number of carbonyl (C=O) groups is 2. The molecule has 0 aliphatic carbocycles. The summed E-state index contributed by atoms with van der Waals surface area (Å²) < 4.78 is 17.2. The SMILES string of the molecule is COC(=O)C1=C(NC(C)(C)CC(C)(C)C)Oc2nc3ccccn3c(=O)c2C1C(=O)OC. The Morgan fingerprint density at radius 2 is 1.84 bits per heavy atom. The minimum Gasteiger partial charge on any atom is -0.468 e. The van der Waals surface area contributed by atoms with Gasteiger partial charge in [0.15, 0.2) is 0 Å². The highest BCUT2D eigenvalue weighted by Gasteiger charge is 2.44. The summed E-state index contributed by atoms with van der Waals surface area (Å²) in [6.45, 7) is 10.2. The monoisotopic (exact) mass is 443 g/mol. The summed E-state index contributed by atoms with van der Waals surface area (Å²) in [5, 5.41) is 3.23. The van der Waals surface area contributed by atoms with E-state index in [4.69, 9.17) is 14.2 Å². The largest absolute Gasteiger partial charge is 0.468 e. The first kappa shape index (κ1) is 23.3. The summed E-state index contributed by atoms with van der Waals surface area (Å²) in [4.78, 5) is 43.4. The lowest BCUT2D eigenvalue weighted by Gasteiger charge is -2.36. The van der Waals surface area contributed by atoms with Crippen LogP contribution in [0.2, 0.25) is 0 Å². The number of carbonyl (C=O) groups excluding carboxylic acids is 2. The van der Waals surface area contributed by atoms with E-state index in [1.807, 2.05) is 13.8 Å². The van der Waals surface area contributed by atoms with Gasteiger partial charge < -0.3 is 19.5 Å². The van der Waals surface area contributed by atoms with E-state index in [1.165, 1.54) is 24.8 Å². The number of rotatable bonds is 5. The Bertz CT molecular complexity index is 1160. The number of aromatic nitrogens is 2. The third-order valence-corrected chi connectivity index (χ3v) is 5.02. The van der Waals surface area contributed by atoms with Crippen molar-refractivity contribution < 1.29 is 23.8 Å². The summed E-state index contributed by atoms with van der Waals surface area (Å²) in [6, 6.07) is 5.04. The molecule has 0 spiro atoms. The predicted molar refractivity (Wildman–Crippen MR) is 117 cm³/mol. The average Bonchev–Trinajstić information content (AvgIpc) is 2.69. The summed E-state index contributed by atoms with van der Waals surface area (Å²) in [5.41, 5.74) is -0.977. The molecule has 3 heterocycles. The molecular formula is C23H29N3O6. The van der Waals surface area contributed by atoms with Crippen molar-refractivity contribution in [3.8, 4) is 5.88 Å². The minimum absolute atomic E-state index is 0.0150. The van der Waals surface area contributed by atoms with Crippen LogP contribution in [0.4, 0.5) is 0 Å². The fraction of sp³-hybridized carbons (Fsp3) is 0.478. The van der Waals surface area contributed by atoms with Crippen LogP contribution in [-0.4, -0.2) is 41.1 Å². The maximum atomic E-state index is 13.3. The van der Waals surface area contributed by atoms with E-state index in [0.29, 0.717) is 12.1 Å². The minimum atomic E-state index is -1.36. The molecule has 172 valence electrons. The molecule has 1 aliphatic heterocycles. The third kappa shape index (κ3) is 4.46. The number of pyridine rings is 1. The second-order valence-corrected chi connectivity index (χ2v) is 9.60. The lowest BCUT2D eigenvalue weighted by molar-refractivity contribution is -0.145. The van der Waals surface area contributed by atoms with Crippen molar-refractivity contribution >= 4 is 17.6 Å². The van der Waals surface area contributed by atoms with Gasteiger partial charge in [-0.2, -0.15) is 4.98 Å². The van der Waals surface area contributed by atoms with Crippen LogP contribution in [0.15, 0.2) is 40.6 Å². The fourth-order valence-corrected chi connectivity index (χ4v) is 4.28. The molecule has 0 bridgehead atoms. The van der Waals surface area contributed by atoms with E-state index >= 15 is 0 Å². The highest BCUT2D eigenvalue weighted by Crippen LogP contribution is 2.38. The molecule has 2 aromatic rings. The number of hydrogen-bond donors (Lipinski definition) is 1. The van der Waals surface area contributed by atoms with Crippen molar-refractivity contribution in [2.75, 3.05) is 14.2 Å². The quantitative estimate of drug-likeness (QED) is 0.703. The van der Waals surface area contributed by atoms with Crippen LogP contribution in [0.3, 0.4) is 0 Å². The molecule has 0 saturated carbocycles. The van der Waals surface area contributed by atoms with Crippen molar-refractivity contribution in [2.45, 2.75) is 52.5 Å². The Kier molecular flexibility index (Phi) is 6.04. The maximum absolute atomic E-state index is 13.3. The number of nitrogens with one attached hydrogen (secondary N) is 1. The molecule has 1 N–H and O–H groups in total. The molecule has 0 radical (unpaired) electrons. The normalized spacial score (nSPS) is 16.3. The van der Waals surface area contributed by atoms with Crippen LogP contribution in [0.25, 0.3) is 5.65 Å². The zero-order valence-corrected chi connectivity index (χ0v) is 19.4. The average molecular weight is 444 g/mol. The van der Waals surface area contributed by atoms with Crippen molar-refractivity contribution in [3.05, 3.63) is 51.8 Å². The van der Waals surface area contributed by atoms with Gasteiger partial charge in [-0.15, -0.1) is 0 Å². The Morgan fingerprint density at radius 3 is 2.44 bits per heavy atom. The van der Waals surface area contributed by atoms with Crippen molar-refractivity contribution in [2.24, 2.45) is 5.41 Å². The number of esters is 2. The first-order valence-electron chi connectivity index (χ1n) is 10.3. The lowest BCUT2D eigenvalue weighted by Crippen LogP contribution is -2.46. The van der Waals surface area contributed by atoms with Gasteiger partial charge in [0.1, 0.15) is 17.1 Å². The smallest absolute Gasteiger partial charge is 0.340 e. The van der Waals surface area contributed by atoms with Crippen LogP contribution >= 0.6 is 0 Å². The topological polar surface area (TPSA) is 108 Å². The number of methoxy groups -OCH3 is 2. The second-order valence-electron chi connectivity index (χ2n) is 9.60. The Labute approximate surface area is 186 Å². The molecular weight excluding hydrogens is 414 g/mol. The molecule has 1 unspecified atom stereocenters. The fourth-order valence-electron chi connectivity index (χ4n) is 4.28. The molecule has 1 atom stereocenters. The van der Waals surface area contributed by atoms with E-state index in [1.54, 1.807) is 18.2 Å². The Morgan fingerprint density at radius 1 is 1.16 bits per heavy atom. The second kappa shape index (κ2) is 8.29. The molecule has 32 heavy (non-hydrogen) atoms. The summed E-state index contributed by atoms with van der Waals surface area (Å²) in [5.74, 6) is -3.00. The molecule has 0 aromatic carbocycles. The first-order chi connectivity index (χ1) is 14.9. The van der Waals surface area contributed by atoms with Gasteiger partial charge in [0.2, 0.25) is 11.8 Å². The van der Waals surface area contributed by atoms with Gasteiger partial charge in [0.05, 0.1) is 19.8 Å². The maximum Gasteiger partial charge on any atom is 0.340 e. The van der Waals surface area contributed by atoms with E-state index in [-0.39, 0.29) is 28.3 Å². The van der Waals surface area contributed by atoms with Crippen molar-refractivity contribution in [1.82, 2.24) is 14.7 Å². The highest BCUT2D eigenvalue weighted by atomic mass is 16.5. The van der Waals surface area contributed by atoms with Crippen LogP contribution in [0.5, 0.6) is 5.88 Å². The van der Waals surface area contributed by atoms with E-state index < -0.39 is 29.0 Å². The molecule has 1 aliphatic rings. The number of nitrogens with zero attached hydrogens (tertiary/aromatic N) is 2. The molecule has 2 aromatic heterocycles. The van der Waals surface area contributed by atoms with Gasteiger partial charge in [0.25, 0.3) is 5.56 Å². The predicted octanol–water partition coefficient (Wildman–Crippen LogP) is 2.53. The number of ether oxygens (including phenoxy) is 3. The van der Waals surface area contributed by atoms with Crippen LogP contribution in [0.1, 0.15) is 52.5 Å². The summed E-state index contributed by atoms with van der Waals surface area (Å²) >= 11 is 0. The van der Waals surface area contributed by atoms with Crippen LogP contribution in [0, 0.1) is 5.41 Å². The van der Waals surface area contributed by atoms with Gasteiger partial charge >= 0.3 is 11.9 Å². The zero-order valence-electron chi connectivity index (χ0n) is 19.4. The number of hydrogen-bond acceptors (Lipinski definition) is 8. The molecule has 9 nitrogen and oxygen atoms in total.